The normalized spacial score (nSPS) is 11.3. The number of esters is 2. The second kappa shape index (κ2) is 8.65. The summed E-state index contributed by atoms with van der Waals surface area (Å²) in [6, 6.07) is 17.2. The van der Waals surface area contributed by atoms with Gasteiger partial charge in [-0.05, 0) is 43.0 Å². The molecule has 2 aromatic carbocycles. The SMILES string of the molecule is CC(C)C(C)(C)C(=O)OCCOC(=O)c1ccc(-c2ccccc2)cc1. The summed E-state index contributed by atoms with van der Waals surface area (Å²) in [5.74, 6) is -0.541. The Balaban J connectivity index is 1.82. The lowest BCUT2D eigenvalue weighted by molar-refractivity contribution is -0.157. The second-order valence-electron chi connectivity index (χ2n) is 7.09. The van der Waals surface area contributed by atoms with E-state index < -0.39 is 11.4 Å². The highest BCUT2D eigenvalue weighted by Crippen LogP contribution is 2.27. The molecule has 0 spiro atoms. The number of ether oxygens (including phenoxy) is 2. The molecule has 0 saturated carbocycles. The van der Waals surface area contributed by atoms with E-state index in [1.807, 2.05) is 70.2 Å². The van der Waals surface area contributed by atoms with Crippen molar-refractivity contribution in [3.8, 4) is 11.1 Å². The molecule has 0 amide bonds. The van der Waals surface area contributed by atoms with Crippen LogP contribution in [0.2, 0.25) is 0 Å². The zero-order chi connectivity index (χ0) is 19.2. The minimum Gasteiger partial charge on any atom is -0.462 e. The van der Waals surface area contributed by atoms with Crippen LogP contribution in [0.5, 0.6) is 0 Å². The van der Waals surface area contributed by atoms with Crippen molar-refractivity contribution < 1.29 is 19.1 Å². The van der Waals surface area contributed by atoms with Crippen molar-refractivity contribution in [3.63, 3.8) is 0 Å². The van der Waals surface area contributed by atoms with Gasteiger partial charge in [-0.15, -0.1) is 0 Å². The van der Waals surface area contributed by atoms with Gasteiger partial charge in [-0.2, -0.15) is 0 Å². The molecule has 0 heterocycles. The summed E-state index contributed by atoms with van der Waals surface area (Å²) in [4.78, 5) is 24.1. The molecule has 26 heavy (non-hydrogen) atoms. The van der Waals surface area contributed by atoms with Crippen molar-refractivity contribution in [1.82, 2.24) is 0 Å². The topological polar surface area (TPSA) is 52.6 Å². The van der Waals surface area contributed by atoms with Crippen molar-refractivity contribution in [1.29, 1.82) is 0 Å². The molecule has 2 rings (SSSR count). The highest BCUT2D eigenvalue weighted by molar-refractivity contribution is 5.90. The first-order valence-corrected chi connectivity index (χ1v) is 8.82. The van der Waals surface area contributed by atoms with Crippen LogP contribution in [0.3, 0.4) is 0 Å². The molecule has 2 aromatic rings. The molecule has 0 N–H and O–H groups in total. The summed E-state index contributed by atoms with van der Waals surface area (Å²) in [6.45, 7) is 7.74. The number of hydrogen-bond acceptors (Lipinski definition) is 4. The van der Waals surface area contributed by atoms with E-state index in [1.165, 1.54) is 0 Å². The molecule has 0 aromatic heterocycles. The lowest BCUT2D eigenvalue weighted by Gasteiger charge is -2.26. The third-order valence-electron chi connectivity index (χ3n) is 4.75. The van der Waals surface area contributed by atoms with Gasteiger partial charge in [-0.25, -0.2) is 4.79 Å². The van der Waals surface area contributed by atoms with E-state index in [0.29, 0.717) is 5.56 Å². The van der Waals surface area contributed by atoms with Crippen LogP contribution in [0.4, 0.5) is 0 Å². The van der Waals surface area contributed by atoms with E-state index in [1.54, 1.807) is 12.1 Å². The van der Waals surface area contributed by atoms with Gasteiger partial charge in [0.15, 0.2) is 0 Å². The predicted octanol–water partition coefficient (Wildman–Crippen LogP) is 4.74. The average Bonchev–Trinajstić information content (AvgIpc) is 2.65. The minimum atomic E-state index is -0.558. The molecule has 0 bridgehead atoms. The fourth-order valence-electron chi connectivity index (χ4n) is 2.20. The highest BCUT2D eigenvalue weighted by atomic mass is 16.6. The summed E-state index contributed by atoms with van der Waals surface area (Å²) in [5, 5.41) is 0. The number of hydrogen-bond donors (Lipinski definition) is 0. The standard InChI is InChI=1S/C22H26O4/c1-16(2)22(3,4)21(24)26-15-14-25-20(23)19-12-10-18(11-13-19)17-8-6-5-7-9-17/h5-13,16H,14-15H2,1-4H3. The van der Waals surface area contributed by atoms with E-state index in [9.17, 15) is 9.59 Å². The van der Waals surface area contributed by atoms with E-state index >= 15 is 0 Å². The predicted molar refractivity (Wildman–Crippen MR) is 102 cm³/mol. The van der Waals surface area contributed by atoms with Crippen molar-refractivity contribution in [3.05, 3.63) is 60.2 Å². The molecule has 0 unspecified atom stereocenters. The van der Waals surface area contributed by atoms with Gasteiger partial charge >= 0.3 is 11.9 Å². The van der Waals surface area contributed by atoms with Gasteiger partial charge in [0.25, 0.3) is 0 Å². The second-order valence-corrected chi connectivity index (χ2v) is 7.09. The molecule has 0 fully saturated rings. The van der Waals surface area contributed by atoms with E-state index in [2.05, 4.69) is 0 Å². The Bertz CT molecular complexity index is 730. The quantitative estimate of drug-likeness (QED) is 0.532. The maximum atomic E-state index is 12.1. The maximum Gasteiger partial charge on any atom is 0.338 e. The van der Waals surface area contributed by atoms with Gasteiger partial charge in [-0.1, -0.05) is 56.3 Å². The summed E-state index contributed by atoms with van der Waals surface area (Å²) >= 11 is 0. The van der Waals surface area contributed by atoms with Crippen LogP contribution < -0.4 is 0 Å². The molecule has 0 atom stereocenters. The monoisotopic (exact) mass is 354 g/mol. The molecule has 0 radical (unpaired) electrons. The summed E-state index contributed by atoms with van der Waals surface area (Å²) in [6.07, 6.45) is 0. The van der Waals surface area contributed by atoms with Crippen LogP contribution in [-0.2, 0) is 14.3 Å². The lowest BCUT2D eigenvalue weighted by atomic mass is 9.81. The molecule has 0 aliphatic heterocycles. The molecule has 4 heteroatoms. The van der Waals surface area contributed by atoms with Crippen LogP contribution >= 0.6 is 0 Å². The number of carbonyl (C=O) groups is 2. The first-order valence-electron chi connectivity index (χ1n) is 8.82. The highest BCUT2D eigenvalue weighted by Gasteiger charge is 2.32. The van der Waals surface area contributed by atoms with Crippen LogP contribution in [0.25, 0.3) is 11.1 Å². The Morgan fingerprint density at radius 3 is 1.96 bits per heavy atom. The maximum absolute atomic E-state index is 12.1. The molecule has 0 aliphatic rings. The van der Waals surface area contributed by atoms with Crippen LogP contribution in [0.1, 0.15) is 38.1 Å². The van der Waals surface area contributed by atoms with Crippen molar-refractivity contribution in [2.24, 2.45) is 11.3 Å². The third-order valence-corrected chi connectivity index (χ3v) is 4.75. The molecular formula is C22H26O4. The van der Waals surface area contributed by atoms with Crippen LogP contribution in [0.15, 0.2) is 54.6 Å². The average molecular weight is 354 g/mol. The third kappa shape index (κ3) is 4.94. The Labute approximate surface area is 155 Å². The van der Waals surface area contributed by atoms with Gasteiger partial charge < -0.3 is 9.47 Å². The Kier molecular flexibility index (Phi) is 6.56. The summed E-state index contributed by atoms with van der Waals surface area (Å²) in [7, 11) is 0. The van der Waals surface area contributed by atoms with Gasteiger partial charge in [0.2, 0.25) is 0 Å². The van der Waals surface area contributed by atoms with Crippen molar-refractivity contribution >= 4 is 11.9 Å². The molecular weight excluding hydrogens is 328 g/mol. The van der Waals surface area contributed by atoms with Crippen molar-refractivity contribution in [2.45, 2.75) is 27.7 Å². The molecule has 4 nitrogen and oxygen atoms in total. The summed E-state index contributed by atoms with van der Waals surface area (Å²) < 4.78 is 10.4. The Morgan fingerprint density at radius 1 is 0.846 bits per heavy atom. The van der Waals surface area contributed by atoms with Crippen molar-refractivity contribution in [2.75, 3.05) is 13.2 Å². The van der Waals surface area contributed by atoms with Gasteiger partial charge in [-0.3, -0.25) is 4.79 Å². The van der Waals surface area contributed by atoms with Crippen LogP contribution in [-0.4, -0.2) is 25.2 Å². The fraction of sp³-hybridized carbons (Fsp3) is 0.364. The Hall–Kier alpha value is -2.62. The van der Waals surface area contributed by atoms with Crippen LogP contribution in [0, 0.1) is 11.3 Å². The number of rotatable bonds is 7. The zero-order valence-electron chi connectivity index (χ0n) is 15.8. The van der Waals surface area contributed by atoms with Gasteiger partial charge in [0, 0.05) is 0 Å². The Morgan fingerprint density at radius 2 is 1.38 bits per heavy atom. The van der Waals surface area contributed by atoms with E-state index in [-0.39, 0.29) is 25.1 Å². The first-order chi connectivity index (χ1) is 12.3. The molecule has 0 saturated heterocycles. The number of carbonyl (C=O) groups excluding carboxylic acids is 2. The smallest absolute Gasteiger partial charge is 0.338 e. The fourth-order valence-corrected chi connectivity index (χ4v) is 2.20. The first kappa shape index (κ1) is 19.7. The largest absolute Gasteiger partial charge is 0.462 e. The molecule has 0 aliphatic carbocycles. The van der Waals surface area contributed by atoms with E-state index in [0.717, 1.165) is 11.1 Å². The summed E-state index contributed by atoms with van der Waals surface area (Å²) in [5.41, 5.74) is 2.04. The molecule has 138 valence electrons. The van der Waals surface area contributed by atoms with Gasteiger partial charge in [0.05, 0.1) is 11.0 Å². The van der Waals surface area contributed by atoms with Gasteiger partial charge in [0.1, 0.15) is 13.2 Å². The van der Waals surface area contributed by atoms with E-state index in [4.69, 9.17) is 9.47 Å². The minimum absolute atomic E-state index is 0.0409. The number of benzene rings is 2. The lowest BCUT2D eigenvalue weighted by Crippen LogP contribution is -2.32. The zero-order valence-corrected chi connectivity index (χ0v) is 15.8.